The maximum Gasteiger partial charge on any atom is 0.269 e. The molecule has 1 amide bonds. The molecule has 29 heavy (non-hydrogen) atoms. The van der Waals surface area contributed by atoms with E-state index in [1.54, 1.807) is 31.2 Å². The van der Waals surface area contributed by atoms with Crippen LogP contribution in [0.1, 0.15) is 48.5 Å². The smallest absolute Gasteiger partial charge is 0.269 e. The number of unbranched alkanes of at least 4 members (excludes halogenated alkanes) is 3. The summed E-state index contributed by atoms with van der Waals surface area (Å²) >= 11 is 5.22. The average Bonchev–Trinajstić information content (AvgIpc) is 2.69. The fourth-order valence-electron chi connectivity index (χ4n) is 2.72. The monoisotopic (exact) mass is 415 g/mol. The van der Waals surface area contributed by atoms with Crippen LogP contribution < -0.4 is 15.4 Å². The molecular weight excluding hydrogens is 390 g/mol. The van der Waals surface area contributed by atoms with Crippen molar-refractivity contribution in [3.8, 4) is 5.75 Å². The van der Waals surface area contributed by atoms with Crippen molar-refractivity contribution < 1.29 is 14.5 Å². The lowest BCUT2D eigenvalue weighted by Gasteiger charge is -2.14. The van der Waals surface area contributed by atoms with Crippen molar-refractivity contribution in [3.05, 3.63) is 63.7 Å². The van der Waals surface area contributed by atoms with Gasteiger partial charge in [-0.25, -0.2) is 0 Å². The molecule has 0 spiro atoms. The predicted octanol–water partition coefficient (Wildman–Crippen LogP) is 4.99. The van der Waals surface area contributed by atoms with E-state index in [2.05, 4.69) is 17.6 Å². The number of non-ortho nitro benzene ring substituents is 1. The number of nitrogens with zero attached hydrogens (tertiary/aromatic N) is 1. The van der Waals surface area contributed by atoms with Gasteiger partial charge < -0.3 is 10.1 Å². The molecule has 0 unspecified atom stereocenters. The van der Waals surface area contributed by atoms with Gasteiger partial charge in [0.15, 0.2) is 5.11 Å². The standard InChI is InChI=1S/C21H25N3O4S/c1-3-4-5-8-13-28-19-10-7-6-9-17(19)20(25)23-21(29)22-18-12-11-16(24(26)27)14-15(18)2/h6-7,9-12,14H,3-5,8,13H2,1-2H3,(H2,22,23,25,29). The number of aryl methyl sites for hydroxylation is 1. The zero-order valence-electron chi connectivity index (χ0n) is 16.6. The second-order valence-electron chi connectivity index (χ2n) is 6.57. The Hall–Kier alpha value is -3.00. The van der Waals surface area contributed by atoms with Crippen LogP contribution in [0, 0.1) is 17.0 Å². The summed E-state index contributed by atoms with van der Waals surface area (Å²) in [7, 11) is 0. The summed E-state index contributed by atoms with van der Waals surface area (Å²) in [5, 5.41) is 16.5. The Kier molecular flexibility index (Phi) is 8.54. The van der Waals surface area contributed by atoms with Gasteiger partial charge in [-0.1, -0.05) is 38.3 Å². The number of nitro benzene ring substituents is 1. The first kappa shape index (κ1) is 22.3. The van der Waals surface area contributed by atoms with Gasteiger partial charge in [-0.2, -0.15) is 0 Å². The molecule has 2 rings (SSSR count). The molecule has 0 aromatic heterocycles. The van der Waals surface area contributed by atoms with E-state index in [0.717, 1.165) is 25.7 Å². The minimum absolute atomic E-state index is 0.00647. The van der Waals surface area contributed by atoms with Gasteiger partial charge >= 0.3 is 0 Å². The molecule has 2 aromatic carbocycles. The third-order valence-corrected chi connectivity index (χ3v) is 4.49. The van der Waals surface area contributed by atoms with Crippen molar-refractivity contribution in [3.63, 3.8) is 0 Å². The minimum atomic E-state index is -0.462. The number of rotatable bonds is 9. The highest BCUT2D eigenvalue weighted by Crippen LogP contribution is 2.22. The van der Waals surface area contributed by atoms with Crippen molar-refractivity contribution in [2.75, 3.05) is 11.9 Å². The molecule has 2 aromatic rings. The number of amides is 1. The highest BCUT2D eigenvalue weighted by atomic mass is 32.1. The summed E-state index contributed by atoms with van der Waals surface area (Å²) in [5.41, 5.74) is 1.62. The van der Waals surface area contributed by atoms with E-state index in [0.29, 0.717) is 29.2 Å². The molecule has 0 aliphatic rings. The third kappa shape index (κ3) is 6.83. The van der Waals surface area contributed by atoms with Crippen molar-refractivity contribution in [2.45, 2.75) is 39.5 Å². The molecule has 7 nitrogen and oxygen atoms in total. The number of benzene rings is 2. The normalized spacial score (nSPS) is 10.3. The predicted molar refractivity (Wildman–Crippen MR) is 118 cm³/mol. The first-order chi connectivity index (χ1) is 13.9. The fourth-order valence-corrected chi connectivity index (χ4v) is 2.92. The average molecular weight is 416 g/mol. The Balaban J connectivity index is 1.97. The summed E-state index contributed by atoms with van der Waals surface area (Å²) in [5.74, 6) is 0.127. The molecule has 0 atom stereocenters. The fraction of sp³-hybridized carbons (Fsp3) is 0.333. The van der Waals surface area contributed by atoms with Gasteiger partial charge in [-0.15, -0.1) is 0 Å². The second-order valence-corrected chi connectivity index (χ2v) is 6.98. The Morgan fingerprint density at radius 2 is 1.93 bits per heavy atom. The molecule has 0 aliphatic heterocycles. The van der Waals surface area contributed by atoms with Crippen LogP contribution in [-0.2, 0) is 0 Å². The van der Waals surface area contributed by atoms with Crippen molar-refractivity contribution in [1.82, 2.24) is 5.32 Å². The van der Waals surface area contributed by atoms with Crippen LogP contribution in [0.5, 0.6) is 5.75 Å². The Bertz CT molecular complexity index is 886. The molecule has 154 valence electrons. The van der Waals surface area contributed by atoms with Gasteiger partial charge in [0, 0.05) is 17.8 Å². The van der Waals surface area contributed by atoms with Gasteiger partial charge in [0.2, 0.25) is 0 Å². The molecule has 0 bridgehead atoms. The number of carbonyl (C=O) groups excluding carboxylic acids is 1. The van der Waals surface area contributed by atoms with Crippen LogP contribution >= 0.6 is 12.2 Å². The molecule has 2 N–H and O–H groups in total. The lowest BCUT2D eigenvalue weighted by atomic mass is 10.1. The molecule has 0 heterocycles. The van der Waals surface area contributed by atoms with E-state index >= 15 is 0 Å². The number of hydrogen-bond donors (Lipinski definition) is 2. The van der Waals surface area contributed by atoms with Gasteiger partial charge in [0.05, 0.1) is 17.1 Å². The van der Waals surface area contributed by atoms with Crippen LogP contribution in [0.15, 0.2) is 42.5 Å². The lowest BCUT2D eigenvalue weighted by molar-refractivity contribution is -0.384. The minimum Gasteiger partial charge on any atom is -0.493 e. The Labute approximate surface area is 175 Å². The number of carbonyl (C=O) groups is 1. The van der Waals surface area contributed by atoms with E-state index in [9.17, 15) is 14.9 Å². The van der Waals surface area contributed by atoms with Crippen molar-refractivity contribution >= 4 is 34.6 Å². The van der Waals surface area contributed by atoms with E-state index in [1.165, 1.54) is 12.1 Å². The van der Waals surface area contributed by atoms with Crippen LogP contribution in [-0.4, -0.2) is 22.5 Å². The van der Waals surface area contributed by atoms with E-state index in [1.807, 2.05) is 6.07 Å². The zero-order valence-corrected chi connectivity index (χ0v) is 17.4. The van der Waals surface area contributed by atoms with Gasteiger partial charge in [-0.3, -0.25) is 20.2 Å². The number of nitrogens with one attached hydrogen (secondary N) is 2. The summed E-state index contributed by atoms with van der Waals surface area (Å²) < 4.78 is 5.77. The van der Waals surface area contributed by atoms with E-state index < -0.39 is 4.92 Å². The molecule has 8 heteroatoms. The second kappa shape index (κ2) is 11.1. The summed E-state index contributed by atoms with van der Waals surface area (Å²) in [6.45, 7) is 4.42. The summed E-state index contributed by atoms with van der Waals surface area (Å²) in [6, 6.07) is 11.4. The van der Waals surface area contributed by atoms with E-state index in [4.69, 9.17) is 17.0 Å². The maximum absolute atomic E-state index is 12.6. The van der Waals surface area contributed by atoms with Crippen LogP contribution in [0.2, 0.25) is 0 Å². The molecule has 0 aliphatic carbocycles. The summed E-state index contributed by atoms with van der Waals surface area (Å²) in [6.07, 6.45) is 4.34. The Morgan fingerprint density at radius 1 is 1.17 bits per heavy atom. The van der Waals surface area contributed by atoms with Gasteiger partial charge in [0.1, 0.15) is 5.75 Å². The largest absolute Gasteiger partial charge is 0.493 e. The highest BCUT2D eigenvalue weighted by Gasteiger charge is 2.15. The number of thiocarbonyl (C=S) groups is 1. The first-order valence-electron chi connectivity index (χ1n) is 9.51. The van der Waals surface area contributed by atoms with Crippen molar-refractivity contribution in [1.29, 1.82) is 0 Å². The van der Waals surface area contributed by atoms with Gasteiger partial charge in [0.25, 0.3) is 11.6 Å². The maximum atomic E-state index is 12.6. The zero-order chi connectivity index (χ0) is 21.2. The summed E-state index contributed by atoms with van der Waals surface area (Å²) in [4.78, 5) is 23.0. The number of ether oxygens (including phenoxy) is 1. The van der Waals surface area contributed by atoms with E-state index in [-0.39, 0.29) is 16.7 Å². The van der Waals surface area contributed by atoms with Crippen LogP contribution in [0.3, 0.4) is 0 Å². The number of nitro groups is 1. The lowest BCUT2D eigenvalue weighted by Crippen LogP contribution is -2.34. The third-order valence-electron chi connectivity index (χ3n) is 4.28. The molecule has 0 saturated carbocycles. The van der Waals surface area contributed by atoms with Crippen molar-refractivity contribution in [2.24, 2.45) is 0 Å². The molecule has 0 saturated heterocycles. The number of para-hydroxylation sites is 1. The van der Waals surface area contributed by atoms with Gasteiger partial charge in [-0.05, 0) is 49.3 Å². The molecule has 0 fully saturated rings. The van der Waals surface area contributed by atoms with Crippen LogP contribution in [0.25, 0.3) is 0 Å². The number of anilines is 1. The highest BCUT2D eigenvalue weighted by molar-refractivity contribution is 7.80. The number of hydrogen-bond acceptors (Lipinski definition) is 5. The van der Waals surface area contributed by atoms with Crippen LogP contribution in [0.4, 0.5) is 11.4 Å². The Morgan fingerprint density at radius 3 is 2.62 bits per heavy atom. The molecular formula is C21H25N3O4S. The molecule has 0 radical (unpaired) electrons. The SMILES string of the molecule is CCCCCCOc1ccccc1C(=O)NC(=S)Nc1ccc([N+](=O)[O-])cc1C. The topological polar surface area (TPSA) is 93.5 Å². The first-order valence-corrected chi connectivity index (χ1v) is 9.92. The quantitative estimate of drug-likeness (QED) is 0.259.